The largest absolute Gasteiger partial charge is 0.303 e. The van der Waals surface area contributed by atoms with Crippen LogP contribution < -0.4 is 5.56 Å². The van der Waals surface area contributed by atoms with E-state index in [0.29, 0.717) is 6.54 Å². The minimum atomic E-state index is 0.0286. The molecule has 1 N–H and O–H groups in total. The molecule has 0 saturated heterocycles. The monoisotopic (exact) mass is 188 g/mol. The van der Waals surface area contributed by atoms with Gasteiger partial charge in [-0.1, -0.05) is 30.3 Å². The first kappa shape index (κ1) is 8.81. The number of H-pyrrole nitrogens is 1. The Labute approximate surface area is 82.0 Å². The van der Waals surface area contributed by atoms with Crippen LogP contribution in [0.25, 0.3) is 0 Å². The number of hydrogen-bond donors (Lipinski definition) is 1. The van der Waals surface area contributed by atoms with Gasteiger partial charge in [0.15, 0.2) is 0 Å². The molecule has 0 atom stereocenters. The average Bonchev–Trinajstić information content (AvgIpc) is 2.63. The summed E-state index contributed by atoms with van der Waals surface area (Å²) in [5, 5.41) is 2.88. The zero-order valence-corrected chi connectivity index (χ0v) is 7.81. The molecule has 1 heterocycles. The van der Waals surface area contributed by atoms with Crippen LogP contribution in [0, 0.1) is 0 Å². The number of nitrogens with one attached hydrogen (secondary N) is 1. The Hall–Kier alpha value is -1.77. The minimum Gasteiger partial charge on any atom is -0.303 e. The Morgan fingerprint density at radius 2 is 1.93 bits per heavy atom. The number of nitrogens with zero attached hydrogens (tertiary/aromatic N) is 1. The topological polar surface area (TPSA) is 37.8 Å². The zero-order valence-electron chi connectivity index (χ0n) is 7.81. The first-order valence-electron chi connectivity index (χ1n) is 4.64. The number of benzene rings is 1. The SMILES string of the molecule is O=c1cc[nH]n1CCc1ccccc1. The van der Waals surface area contributed by atoms with Crippen LogP contribution in [0.5, 0.6) is 0 Å². The average molecular weight is 188 g/mol. The lowest BCUT2D eigenvalue weighted by Gasteiger charge is -2.01. The third kappa shape index (κ3) is 1.93. The van der Waals surface area contributed by atoms with Crippen molar-refractivity contribution in [3.05, 3.63) is 58.5 Å². The van der Waals surface area contributed by atoms with E-state index in [1.54, 1.807) is 10.9 Å². The number of rotatable bonds is 3. The van der Waals surface area contributed by atoms with Crippen molar-refractivity contribution in [1.82, 2.24) is 9.78 Å². The van der Waals surface area contributed by atoms with E-state index in [4.69, 9.17) is 0 Å². The number of aryl methyl sites for hydroxylation is 2. The van der Waals surface area contributed by atoms with Gasteiger partial charge in [0.05, 0.1) is 0 Å². The molecule has 0 amide bonds. The van der Waals surface area contributed by atoms with E-state index < -0.39 is 0 Å². The van der Waals surface area contributed by atoms with Gasteiger partial charge in [-0.05, 0) is 12.0 Å². The Kier molecular flexibility index (Phi) is 2.49. The summed E-state index contributed by atoms with van der Waals surface area (Å²) in [7, 11) is 0. The van der Waals surface area contributed by atoms with Crippen LogP contribution in [0.2, 0.25) is 0 Å². The van der Waals surface area contributed by atoms with E-state index in [0.717, 1.165) is 6.42 Å². The predicted molar refractivity (Wildman–Crippen MR) is 55.2 cm³/mol. The first-order valence-corrected chi connectivity index (χ1v) is 4.64. The van der Waals surface area contributed by atoms with Crippen LogP contribution in [0.3, 0.4) is 0 Å². The lowest BCUT2D eigenvalue weighted by molar-refractivity contribution is 0.596. The van der Waals surface area contributed by atoms with Crippen molar-refractivity contribution >= 4 is 0 Å². The van der Waals surface area contributed by atoms with E-state index in [-0.39, 0.29) is 5.56 Å². The number of aromatic nitrogens is 2. The molecule has 1 aromatic carbocycles. The van der Waals surface area contributed by atoms with Crippen molar-refractivity contribution in [2.45, 2.75) is 13.0 Å². The van der Waals surface area contributed by atoms with Crippen molar-refractivity contribution in [3.8, 4) is 0 Å². The molecule has 3 nitrogen and oxygen atoms in total. The summed E-state index contributed by atoms with van der Waals surface area (Å²) in [6, 6.07) is 11.7. The maximum atomic E-state index is 11.2. The summed E-state index contributed by atoms with van der Waals surface area (Å²) < 4.78 is 1.60. The third-order valence-electron chi connectivity index (χ3n) is 2.19. The zero-order chi connectivity index (χ0) is 9.80. The van der Waals surface area contributed by atoms with Crippen molar-refractivity contribution in [2.24, 2.45) is 0 Å². The summed E-state index contributed by atoms with van der Waals surface area (Å²) in [6.45, 7) is 0.704. The van der Waals surface area contributed by atoms with Crippen molar-refractivity contribution < 1.29 is 0 Å². The van der Waals surface area contributed by atoms with Gasteiger partial charge in [0.25, 0.3) is 5.56 Å². The van der Waals surface area contributed by atoms with Gasteiger partial charge >= 0.3 is 0 Å². The van der Waals surface area contributed by atoms with Crippen LogP contribution in [0.4, 0.5) is 0 Å². The molecule has 0 spiro atoms. The van der Waals surface area contributed by atoms with Gasteiger partial charge in [-0.3, -0.25) is 9.48 Å². The van der Waals surface area contributed by atoms with Gasteiger partial charge in [-0.25, -0.2) is 0 Å². The van der Waals surface area contributed by atoms with Crippen molar-refractivity contribution in [3.63, 3.8) is 0 Å². The maximum absolute atomic E-state index is 11.2. The smallest absolute Gasteiger partial charge is 0.266 e. The fraction of sp³-hybridized carbons (Fsp3) is 0.182. The quantitative estimate of drug-likeness (QED) is 0.777. The second-order valence-corrected chi connectivity index (χ2v) is 3.19. The standard InChI is InChI=1S/C11H12N2O/c14-11-6-8-12-13(11)9-7-10-4-2-1-3-5-10/h1-6,8,12H,7,9H2. The molecule has 0 unspecified atom stereocenters. The molecule has 0 radical (unpaired) electrons. The molecule has 0 bridgehead atoms. The Bertz CT molecular complexity index is 442. The van der Waals surface area contributed by atoms with Crippen molar-refractivity contribution in [1.29, 1.82) is 0 Å². The van der Waals surface area contributed by atoms with Gasteiger partial charge in [-0.2, -0.15) is 0 Å². The molecule has 2 aromatic rings. The maximum Gasteiger partial charge on any atom is 0.266 e. The third-order valence-corrected chi connectivity index (χ3v) is 2.19. The van der Waals surface area contributed by atoms with Gasteiger partial charge in [0.1, 0.15) is 0 Å². The second-order valence-electron chi connectivity index (χ2n) is 3.19. The van der Waals surface area contributed by atoms with Crippen LogP contribution >= 0.6 is 0 Å². The fourth-order valence-corrected chi connectivity index (χ4v) is 1.41. The fourth-order valence-electron chi connectivity index (χ4n) is 1.41. The van der Waals surface area contributed by atoms with Crippen molar-refractivity contribution in [2.75, 3.05) is 0 Å². The summed E-state index contributed by atoms with van der Waals surface area (Å²) in [4.78, 5) is 11.2. The molecule has 72 valence electrons. The van der Waals surface area contributed by atoms with Gasteiger partial charge in [0, 0.05) is 18.8 Å². The highest BCUT2D eigenvalue weighted by Crippen LogP contribution is 1.99. The Balaban J connectivity index is 2.02. The van der Waals surface area contributed by atoms with Crippen LogP contribution in [0.15, 0.2) is 47.4 Å². The minimum absolute atomic E-state index is 0.0286. The Morgan fingerprint density at radius 3 is 2.57 bits per heavy atom. The summed E-state index contributed by atoms with van der Waals surface area (Å²) in [5.74, 6) is 0. The van der Waals surface area contributed by atoms with E-state index in [9.17, 15) is 4.79 Å². The second kappa shape index (κ2) is 3.96. The molecule has 0 aliphatic rings. The molecule has 2 rings (SSSR count). The number of aromatic amines is 1. The molecular formula is C11H12N2O. The molecule has 14 heavy (non-hydrogen) atoms. The highest BCUT2D eigenvalue weighted by Gasteiger charge is 1.96. The van der Waals surface area contributed by atoms with Crippen LogP contribution in [-0.2, 0) is 13.0 Å². The van der Waals surface area contributed by atoms with Gasteiger partial charge in [0.2, 0.25) is 0 Å². The molecular weight excluding hydrogens is 176 g/mol. The molecule has 0 fully saturated rings. The normalized spacial score (nSPS) is 10.3. The highest BCUT2D eigenvalue weighted by molar-refractivity contribution is 5.14. The summed E-state index contributed by atoms with van der Waals surface area (Å²) in [6.07, 6.45) is 2.54. The van der Waals surface area contributed by atoms with Gasteiger partial charge in [-0.15, -0.1) is 0 Å². The Morgan fingerprint density at radius 1 is 1.14 bits per heavy atom. The van der Waals surface area contributed by atoms with Crippen LogP contribution in [0.1, 0.15) is 5.56 Å². The van der Waals surface area contributed by atoms with E-state index in [2.05, 4.69) is 17.2 Å². The molecule has 0 saturated carbocycles. The molecule has 3 heteroatoms. The van der Waals surface area contributed by atoms with E-state index in [1.807, 2.05) is 18.2 Å². The lowest BCUT2D eigenvalue weighted by Crippen LogP contribution is -2.17. The number of hydrogen-bond acceptors (Lipinski definition) is 1. The molecule has 1 aromatic heterocycles. The highest BCUT2D eigenvalue weighted by atomic mass is 16.1. The van der Waals surface area contributed by atoms with Crippen LogP contribution in [-0.4, -0.2) is 9.78 Å². The molecule has 0 aliphatic heterocycles. The van der Waals surface area contributed by atoms with Gasteiger partial charge < -0.3 is 5.10 Å². The van der Waals surface area contributed by atoms with E-state index >= 15 is 0 Å². The van der Waals surface area contributed by atoms with E-state index in [1.165, 1.54) is 11.6 Å². The lowest BCUT2D eigenvalue weighted by atomic mass is 10.1. The predicted octanol–water partition coefficient (Wildman–Crippen LogP) is 1.42. The molecule has 0 aliphatic carbocycles. The first-order chi connectivity index (χ1) is 6.86. The summed E-state index contributed by atoms with van der Waals surface area (Å²) >= 11 is 0. The summed E-state index contributed by atoms with van der Waals surface area (Å²) in [5.41, 5.74) is 1.27.